The van der Waals surface area contributed by atoms with Gasteiger partial charge >= 0.3 is 0 Å². The maximum absolute atomic E-state index is 13.9. The van der Waals surface area contributed by atoms with E-state index in [1.165, 1.54) is 13.0 Å². The van der Waals surface area contributed by atoms with Gasteiger partial charge in [0.25, 0.3) is 0 Å². The molecule has 2 aromatic rings. The molecule has 0 saturated heterocycles. The number of carbonyl (C=O) groups excluding carboxylic acids is 1. The predicted molar refractivity (Wildman–Crippen MR) is 71.9 cm³/mol. The molecule has 0 saturated carbocycles. The fraction of sp³-hybridized carbons (Fsp3) is 0.0625. The lowest BCUT2D eigenvalue weighted by Gasteiger charge is -2.00. The Bertz CT molecular complexity index is 568. The predicted octanol–water partition coefficient (Wildman–Crippen LogP) is 4.36. The van der Waals surface area contributed by atoms with Crippen LogP contribution in [0.5, 0.6) is 0 Å². The molecule has 0 aliphatic heterocycles. The SMILES string of the molecule is CC(=O)c1ccc(C(F)=Cc2ccccc2)cc1. The molecule has 0 aromatic heterocycles. The van der Waals surface area contributed by atoms with E-state index in [9.17, 15) is 9.18 Å². The smallest absolute Gasteiger partial charge is 0.159 e. The van der Waals surface area contributed by atoms with Crippen molar-refractivity contribution in [3.63, 3.8) is 0 Å². The van der Waals surface area contributed by atoms with Crippen molar-refractivity contribution in [3.8, 4) is 0 Å². The monoisotopic (exact) mass is 240 g/mol. The molecule has 0 N–H and O–H groups in total. The lowest BCUT2D eigenvalue weighted by Crippen LogP contribution is -1.91. The summed E-state index contributed by atoms with van der Waals surface area (Å²) in [6, 6.07) is 15.8. The van der Waals surface area contributed by atoms with E-state index < -0.39 is 0 Å². The molecule has 0 radical (unpaired) electrons. The summed E-state index contributed by atoms with van der Waals surface area (Å²) >= 11 is 0. The highest BCUT2D eigenvalue weighted by molar-refractivity contribution is 5.94. The minimum absolute atomic E-state index is 0.0194. The van der Waals surface area contributed by atoms with E-state index in [0.29, 0.717) is 11.1 Å². The van der Waals surface area contributed by atoms with Gasteiger partial charge < -0.3 is 0 Å². The lowest BCUT2D eigenvalue weighted by atomic mass is 10.1. The first-order chi connectivity index (χ1) is 8.66. The Hall–Kier alpha value is -2.22. The maximum Gasteiger partial charge on any atom is 0.159 e. The van der Waals surface area contributed by atoms with Gasteiger partial charge in [0.1, 0.15) is 5.83 Å². The van der Waals surface area contributed by atoms with Gasteiger partial charge in [0.05, 0.1) is 0 Å². The van der Waals surface area contributed by atoms with Crippen LogP contribution in [-0.2, 0) is 0 Å². The molecule has 0 unspecified atom stereocenters. The van der Waals surface area contributed by atoms with Gasteiger partial charge in [-0.25, -0.2) is 4.39 Å². The van der Waals surface area contributed by atoms with E-state index in [2.05, 4.69) is 0 Å². The molecule has 0 amide bonds. The molecule has 0 fully saturated rings. The summed E-state index contributed by atoms with van der Waals surface area (Å²) < 4.78 is 13.9. The fourth-order valence-electron chi connectivity index (χ4n) is 1.64. The zero-order chi connectivity index (χ0) is 13.0. The van der Waals surface area contributed by atoms with E-state index in [-0.39, 0.29) is 11.6 Å². The van der Waals surface area contributed by atoms with Gasteiger partial charge in [-0.1, -0.05) is 54.6 Å². The molecule has 0 spiro atoms. The van der Waals surface area contributed by atoms with Gasteiger partial charge in [-0.05, 0) is 18.6 Å². The number of rotatable bonds is 3. The third kappa shape index (κ3) is 2.92. The Labute approximate surface area is 106 Å². The van der Waals surface area contributed by atoms with Gasteiger partial charge in [-0.2, -0.15) is 0 Å². The number of carbonyl (C=O) groups is 1. The molecule has 0 aliphatic rings. The van der Waals surface area contributed by atoms with Crippen molar-refractivity contribution < 1.29 is 9.18 Å². The summed E-state index contributed by atoms with van der Waals surface area (Å²) in [5.41, 5.74) is 1.88. The van der Waals surface area contributed by atoms with Crippen molar-refractivity contribution in [1.82, 2.24) is 0 Å². The highest BCUT2D eigenvalue weighted by atomic mass is 19.1. The van der Waals surface area contributed by atoms with Gasteiger partial charge in [-0.3, -0.25) is 4.79 Å². The third-order valence-electron chi connectivity index (χ3n) is 2.66. The second-order valence-electron chi connectivity index (χ2n) is 4.04. The van der Waals surface area contributed by atoms with Crippen LogP contribution in [0.2, 0.25) is 0 Å². The normalized spacial score (nSPS) is 11.3. The molecule has 1 nitrogen and oxygen atoms in total. The largest absolute Gasteiger partial charge is 0.295 e. The first kappa shape index (κ1) is 12.2. The van der Waals surface area contributed by atoms with Gasteiger partial charge in [0.2, 0.25) is 0 Å². The first-order valence-corrected chi connectivity index (χ1v) is 5.70. The Morgan fingerprint density at radius 3 is 2.06 bits per heavy atom. The minimum Gasteiger partial charge on any atom is -0.295 e. The first-order valence-electron chi connectivity index (χ1n) is 5.70. The van der Waals surface area contributed by atoms with Crippen molar-refractivity contribution in [1.29, 1.82) is 0 Å². The van der Waals surface area contributed by atoms with Crippen LogP contribution in [0.4, 0.5) is 4.39 Å². The molecular formula is C16H13FO. The average Bonchev–Trinajstić information content (AvgIpc) is 2.40. The molecule has 0 bridgehead atoms. The van der Waals surface area contributed by atoms with Crippen LogP contribution in [0.25, 0.3) is 11.9 Å². The number of halogens is 1. The number of hydrogen-bond acceptors (Lipinski definition) is 1. The number of ketones is 1. The van der Waals surface area contributed by atoms with Crippen LogP contribution in [-0.4, -0.2) is 5.78 Å². The quantitative estimate of drug-likeness (QED) is 0.575. The molecule has 90 valence electrons. The molecule has 18 heavy (non-hydrogen) atoms. The summed E-state index contributed by atoms with van der Waals surface area (Å²) in [5, 5.41) is 0. The third-order valence-corrected chi connectivity index (χ3v) is 2.66. The van der Waals surface area contributed by atoms with E-state index >= 15 is 0 Å². The van der Waals surface area contributed by atoms with Crippen molar-refractivity contribution in [3.05, 3.63) is 71.3 Å². The fourth-order valence-corrected chi connectivity index (χ4v) is 1.64. The van der Waals surface area contributed by atoms with Crippen molar-refractivity contribution in [2.24, 2.45) is 0 Å². The summed E-state index contributed by atoms with van der Waals surface area (Å²) in [6.07, 6.45) is 1.47. The van der Waals surface area contributed by atoms with Gasteiger partial charge in [0.15, 0.2) is 5.78 Å². The number of hydrogen-bond donors (Lipinski definition) is 0. The summed E-state index contributed by atoms with van der Waals surface area (Å²) in [6.45, 7) is 1.49. The summed E-state index contributed by atoms with van der Waals surface area (Å²) in [5.74, 6) is -0.328. The topological polar surface area (TPSA) is 17.1 Å². The molecular weight excluding hydrogens is 227 g/mol. The Balaban J connectivity index is 2.26. The van der Waals surface area contributed by atoms with Gasteiger partial charge in [0, 0.05) is 11.1 Å². The second-order valence-corrected chi connectivity index (χ2v) is 4.04. The molecule has 0 atom stereocenters. The van der Waals surface area contributed by atoms with Crippen LogP contribution in [0.1, 0.15) is 28.4 Å². The van der Waals surface area contributed by atoms with Crippen molar-refractivity contribution in [2.75, 3.05) is 0 Å². The van der Waals surface area contributed by atoms with Crippen LogP contribution in [0.3, 0.4) is 0 Å². The number of benzene rings is 2. The summed E-state index contributed by atoms with van der Waals surface area (Å²) in [7, 11) is 0. The Morgan fingerprint density at radius 2 is 1.50 bits per heavy atom. The lowest BCUT2D eigenvalue weighted by molar-refractivity contribution is 0.101. The zero-order valence-corrected chi connectivity index (χ0v) is 10.1. The Kier molecular flexibility index (Phi) is 3.68. The molecule has 2 rings (SSSR count). The highest BCUT2D eigenvalue weighted by Gasteiger charge is 2.02. The van der Waals surface area contributed by atoms with Gasteiger partial charge in [-0.15, -0.1) is 0 Å². The van der Waals surface area contributed by atoms with E-state index in [4.69, 9.17) is 0 Å². The molecule has 2 aromatic carbocycles. The standard InChI is InChI=1S/C16H13FO/c1-12(18)14-7-9-15(10-8-14)16(17)11-13-5-3-2-4-6-13/h2-11H,1H3. The molecule has 0 aliphatic carbocycles. The van der Waals surface area contributed by atoms with E-state index in [1.54, 1.807) is 24.3 Å². The van der Waals surface area contributed by atoms with Crippen LogP contribution in [0.15, 0.2) is 54.6 Å². The van der Waals surface area contributed by atoms with Crippen LogP contribution < -0.4 is 0 Å². The van der Waals surface area contributed by atoms with E-state index in [1.807, 2.05) is 30.3 Å². The van der Waals surface area contributed by atoms with E-state index in [0.717, 1.165) is 5.56 Å². The summed E-state index contributed by atoms with van der Waals surface area (Å²) in [4.78, 5) is 11.1. The van der Waals surface area contributed by atoms with Crippen LogP contribution in [0, 0.1) is 0 Å². The van der Waals surface area contributed by atoms with Crippen molar-refractivity contribution >= 4 is 17.7 Å². The highest BCUT2D eigenvalue weighted by Crippen LogP contribution is 2.20. The van der Waals surface area contributed by atoms with Crippen molar-refractivity contribution in [2.45, 2.75) is 6.92 Å². The Morgan fingerprint density at radius 1 is 0.944 bits per heavy atom. The minimum atomic E-state index is -0.309. The number of Topliss-reactive ketones (excluding diaryl/α,β-unsaturated/α-hetero) is 1. The molecule has 0 heterocycles. The average molecular weight is 240 g/mol. The maximum atomic E-state index is 13.9. The van der Waals surface area contributed by atoms with Crippen LogP contribution >= 0.6 is 0 Å². The molecule has 2 heteroatoms. The second kappa shape index (κ2) is 5.41. The zero-order valence-electron chi connectivity index (χ0n) is 10.1.